The molecule has 0 aliphatic carbocycles. The normalized spacial score (nSPS) is 13.7. The lowest BCUT2D eigenvalue weighted by atomic mass is 10.0. The molecule has 2 aromatic rings. The van der Waals surface area contributed by atoms with Crippen molar-refractivity contribution >= 4 is 17.6 Å². The van der Waals surface area contributed by atoms with Gasteiger partial charge in [0.2, 0.25) is 5.91 Å². The monoisotopic (exact) mass is 347 g/mol. The maximum absolute atomic E-state index is 13.8. The Morgan fingerprint density at radius 3 is 2.52 bits per heavy atom. The van der Waals surface area contributed by atoms with Crippen molar-refractivity contribution in [1.82, 2.24) is 0 Å². The molecule has 0 radical (unpaired) electrons. The molecule has 0 aromatic heterocycles. The van der Waals surface area contributed by atoms with E-state index in [1.807, 2.05) is 0 Å². The van der Waals surface area contributed by atoms with E-state index in [4.69, 9.17) is 9.84 Å². The Morgan fingerprint density at radius 1 is 1.24 bits per heavy atom. The van der Waals surface area contributed by atoms with E-state index in [2.05, 4.69) is 0 Å². The zero-order valence-electron chi connectivity index (χ0n) is 13.3. The van der Waals surface area contributed by atoms with Crippen molar-refractivity contribution in [2.24, 2.45) is 0 Å². The third-order valence-electron chi connectivity index (χ3n) is 4.15. The van der Waals surface area contributed by atoms with Gasteiger partial charge in [-0.25, -0.2) is 4.79 Å². The summed E-state index contributed by atoms with van der Waals surface area (Å²) < 4.78 is 32.6. The molecule has 0 fully saturated rings. The van der Waals surface area contributed by atoms with Gasteiger partial charge in [0, 0.05) is 11.3 Å². The number of carbonyl (C=O) groups is 2. The van der Waals surface area contributed by atoms with Gasteiger partial charge < -0.3 is 14.7 Å². The van der Waals surface area contributed by atoms with Crippen molar-refractivity contribution in [3.8, 4) is 5.75 Å². The number of nitrogens with zero attached hydrogens (tertiary/aromatic N) is 1. The molecular formula is C18H15F2NO4. The first-order chi connectivity index (χ1) is 11.8. The van der Waals surface area contributed by atoms with E-state index in [0.717, 1.165) is 17.7 Å². The van der Waals surface area contributed by atoms with Crippen LogP contribution in [0.3, 0.4) is 0 Å². The number of ether oxygens (including phenoxy) is 1. The average molecular weight is 347 g/mol. The number of carbonyl (C=O) groups excluding carboxylic acids is 1. The van der Waals surface area contributed by atoms with Gasteiger partial charge in [-0.3, -0.25) is 4.79 Å². The standard InChI is InChI=1S/C18H15F2NO4/c1-25-14-6-2-11(3-7-14)10-21-15-9-13(18(19,20)17(23)24)5-4-12(15)8-16(21)22/h2-7,9H,8,10H2,1H3,(H,23,24). The number of halogens is 2. The molecule has 0 saturated heterocycles. The van der Waals surface area contributed by atoms with Crippen LogP contribution in [0.15, 0.2) is 42.5 Å². The molecule has 1 amide bonds. The lowest BCUT2D eigenvalue weighted by Crippen LogP contribution is -2.27. The second kappa shape index (κ2) is 6.16. The van der Waals surface area contributed by atoms with Crippen LogP contribution >= 0.6 is 0 Å². The zero-order chi connectivity index (χ0) is 18.2. The van der Waals surface area contributed by atoms with E-state index < -0.39 is 17.5 Å². The summed E-state index contributed by atoms with van der Waals surface area (Å²) in [5.41, 5.74) is 1.08. The largest absolute Gasteiger partial charge is 0.497 e. The van der Waals surface area contributed by atoms with Crippen LogP contribution in [0.5, 0.6) is 5.75 Å². The fourth-order valence-electron chi connectivity index (χ4n) is 2.76. The number of hydrogen-bond acceptors (Lipinski definition) is 3. The van der Waals surface area contributed by atoms with Crippen LogP contribution in [-0.4, -0.2) is 24.1 Å². The van der Waals surface area contributed by atoms with Gasteiger partial charge in [0.1, 0.15) is 5.75 Å². The van der Waals surface area contributed by atoms with E-state index >= 15 is 0 Å². The minimum atomic E-state index is -4.01. The number of hydrogen-bond donors (Lipinski definition) is 1. The van der Waals surface area contributed by atoms with E-state index in [1.165, 1.54) is 11.0 Å². The molecule has 0 atom stereocenters. The molecular weight excluding hydrogens is 332 g/mol. The number of methoxy groups -OCH3 is 1. The van der Waals surface area contributed by atoms with Gasteiger partial charge in [0.15, 0.2) is 0 Å². The highest BCUT2D eigenvalue weighted by molar-refractivity contribution is 6.01. The molecule has 0 spiro atoms. The topological polar surface area (TPSA) is 66.8 Å². The summed E-state index contributed by atoms with van der Waals surface area (Å²) >= 11 is 0. The predicted octanol–water partition coefficient (Wildman–Crippen LogP) is 2.96. The average Bonchev–Trinajstić information content (AvgIpc) is 2.90. The van der Waals surface area contributed by atoms with Crippen LogP contribution < -0.4 is 9.64 Å². The van der Waals surface area contributed by atoms with Crippen LogP contribution in [0.25, 0.3) is 0 Å². The minimum Gasteiger partial charge on any atom is -0.497 e. The SMILES string of the molecule is COc1ccc(CN2C(=O)Cc3ccc(C(F)(F)C(=O)O)cc32)cc1. The maximum atomic E-state index is 13.8. The van der Waals surface area contributed by atoms with Crippen LogP contribution in [0, 0.1) is 0 Å². The van der Waals surface area contributed by atoms with Gasteiger partial charge in [-0.2, -0.15) is 8.78 Å². The Morgan fingerprint density at radius 2 is 1.92 bits per heavy atom. The molecule has 1 aliphatic heterocycles. The Balaban J connectivity index is 1.93. The van der Waals surface area contributed by atoms with Crippen LogP contribution in [0.4, 0.5) is 14.5 Å². The van der Waals surface area contributed by atoms with Crippen molar-refractivity contribution in [3.05, 3.63) is 59.2 Å². The number of carboxylic acids is 1. The van der Waals surface area contributed by atoms with E-state index in [0.29, 0.717) is 17.0 Å². The number of rotatable bonds is 5. The van der Waals surface area contributed by atoms with E-state index in [9.17, 15) is 18.4 Å². The van der Waals surface area contributed by atoms with Gasteiger partial charge in [0.05, 0.1) is 20.1 Å². The highest BCUT2D eigenvalue weighted by atomic mass is 19.3. The first-order valence-corrected chi connectivity index (χ1v) is 7.51. The highest BCUT2D eigenvalue weighted by Crippen LogP contribution is 2.36. The Kier molecular flexibility index (Phi) is 4.16. The predicted molar refractivity (Wildman–Crippen MR) is 85.9 cm³/mol. The molecule has 0 saturated carbocycles. The van der Waals surface area contributed by atoms with Crippen LogP contribution in [0.1, 0.15) is 16.7 Å². The zero-order valence-corrected chi connectivity index (χ0v) is 13.3. The molecule has 0 bridgehead atoms. The number of fused-ring (bicyclic) bond motifs is 1. The van der Waals surface area contributed by atoms with Crippen molar-refractivity contribution in [1.29, 1.82) is 0 Å². The van der Waals surface area contributed by atoms with Gasteiger partial charge in [-0.1, -0.05) is 24.3 Å². The Hall–Kier alpha value is -2.96. The molecule has 3 rings (SSSR count). The first kappa shape index (κ1) is 16.9. The molecule has 7 heteroatoms. The van der Waals surface area contributed by atoms with Crippen LogP contribution in [0.2, 0.25) is 0 Å². The number of alkyl halides is 2. The maximum Gasteiger partial charge on any atom is 0.379 e. The van der Waals surface area contributed by atoms with Gasteiger partial charge in [-0.05, 0) is 29.3 Å². The lowest BCUT2D eigenvalue weighted by Gasteiger charge is -2.20. The third-order valence-corrected chi connectivity index (χ3v) is 4.15. The summed E-state index contributed by atoms with van der Waals surface area (Å²) in [7, 11) is 1.54. The second-order valence-electron chi connectivity index (χ2n) is 5.73. The van der Waals surface area contributed by atoms with E-state index in [-0.39, 0.29) is 18.9 Å². The molecule has 0 unspecified atom stereocenters. The number of benzene rings is 2. The summed E-state index contributed by atoms with van der Waals surface area (Å²) in [5, 5.41) is 8.70. The van der Waals surface area contributed by atoms with Crippen LogP contribution in [-0.2, 0) is 28.5 Å². The van der Waals surface area contributed by atoms with E-state index in [1.54, 1.807) is 31.4 Å². The van der Waals surface area contributed by atoms with Crippen molar-refractivity contribution in [2.75, 3.05) is 12.0 Å². The Labute approximate surface area is 142 Å². The fourth-order valence-corrected chi connectivity index (χ4v) is 2.76. The van der Waals surface area contributed by atoms with Crippen molar-refractivity contribution < 1.29 is 28.2 Å². The first-order valence-electron chi connectivity index (χ1n) is 7.51. The Bertz CT molecular complexity index is 833. The fraction of sp³-hybridized carbons (Fsp3) is 0.222. The molecule has 2 aromatic carbocycles. The number of amides is 1. The smallest absolute Gasteiger partial charge is 0.379 e. The molecule has 130 valence electrons. The summed E-state index contributed by atoms with van der Waals surface area (Å²) in [4.78, 5) is 24.4. The molecule has 5 nitrogen and oxygen atoms in total. The highest BCUT2D eigenvalue weighted by Gasteiger charge is 2.42. The summed E-state index contributed by atoms with van der Waals surface area (Å²) in [5.74, 6) is -5.78. The molecule has 1 aliphatic rings. The second-order valence-corrected chi connectivity index (χ2v) is 5.73. The molecule has 1 N–H and O–H groups in total. The van der Waals surface area contributed by atoms with Gasteiger partial charge in [-0.15, -0.1) is 0 Å². The number of anilines is 1. The summed E-state index contributed by atoms with van der Waals surface area (Å²) in [6, 6.07) is 10.6. The van der Waals surface area contributed by atoms with Crippen molar-refractivity contribution in [2.45, 2.75) is 18.9 Å². The van der Waals surface area contributed by atoms with Gasteiger partial charge in [0.25, 0.3) is 0 Å². The van der Waals surface area contributed by atoms with Crippen molar-refractivity contribution in [3.63, 3.8) is 0 Å². The summed E-state index contributed by atoms with van der Waals surface area (Å²) in [6.07, 6.45) is 0.102. The van der Waals surface area contributed by atoms with Gasteiger partial charge >= 0.3 is 11.9 Å². The lowest BCUT2D eigenvalue weighted by molar-refractivity contribution is -0.166. The molecule has 1 heterocycles. The minimum absolute atomic E-state index is 0.102. The third kappa shape index (κ3) is 3.05. The quantitative estimate of drug-likeness (QED) is 0.903. The summed E-state index contributed by atoms with van der Waals surface area (Å²) in [6.45, 7) is 0.206. The number of carboxylic acid groups (broad SMARTS) is 1. The molecule has 25 heavy (non-hydrogen) atoms. The number of aliphatic carboxylic acids is 1.